The Bertz CT molecular complexity index is 805. The molecule has 0 fully saturated rings. The fourth-order valence-electron chi connectivity index (χ4n) is 2.88. The fraction of sp³-hybridized carbons (Fsp3) is 0.316. The number of nitro groups is 1. The van der Waals surface area contributed by atoms with Gasteiger partial charge in [-0.2, -0.15) is 0 Å². The van der Waals surface area contributed by atoms with Crippen LogP contribution in [0.25, 0.3) is 0 Å². The maximum atomic E-state index is 12.6. The summed E-state index contributed by atoms with van der Waals surface area (Å²) in [5.74, 6) is 0.254. The molecule has 0 spiro atoms. The van der Waals surface area contributed by atoms with Crippen molar-refractivity contribution in [3.05, 3.63) is 69.3 Å². The number of hydrogen-bond acceptors (Lipinski definition) is 5. The predicted molar refractivity (Wildman–Crippen MR) is 99.6 cm³/mol. The summed E-state index contributed by atoms with van der Waals surface area (Å²) in [6.07, 6.45) is 0. The molecule has 138 valence electrons. The molecule has 2 aromatic rings. The second-order valence-corrected chi connectivity index (χ2v) is 6.16. The van der Waals surface area contributed by atoms with E-state index < -0.39 is 10.8 Å². The second kappa shape index (κ2) is 8.44. The molecule has 2 rings (SSSR count). The normalized spacial score (nSPS) is 11.9. The van der Waals surface area contributed by atoms with Crippen LogP contribution in [-0.2, 0) is 0 Å². The molecule has 26 heavy (non-hydrogen) atoms. The first-order valence-electron chi connectivity index (χ1n) is 8.18. The number of aryl methyl sites for hydroxylation is 1. The number of benzene rings is 2. The molecule has 0 aliphatic heterocycles. The molecule has 0 saturated heterocycles. The summed E-state index contributed by atoms with van der Waals surface area (Å²) in [5.41, 5.74) is 1.28. The number of ether oxygens (including phenoxy) is 1. The lowest BCUT2D eigenvalue weighted by Gasteiger charge is -2.26. The van der Waals surface area contributed by atoms with Gasteiger partial charge in [-0.3, -0.25) is 14.9 Å². The molecule has 7 heteroatoms. The molecule has 1 N–H and O–H groups in total. The molecule has 1 unspecified atom stereocenters. The van der Waals surface area contributed by atoms with E-state index in [0.29, 0.717) is 5.56 Å². The Morgan fingerprint density at radius 3 is 2.54 bits per heavy atom. The summed E-state index contributed by atoms with van der Waals surface area (Å²) in [5, 5.41) is 14.1. The second-order valence-electron chi connectivity index (χ2n) is 6.16. The molecule has 0 saturated carbocycles. The van der Waals surface area contributed by atoms with Gasteiger partial charge in [-0.1, -0.05) is 30.3 Å². The highest BCUT2D eigenvalue weighted by molar-refractivity contribution is 5.98. The van der Waals surface area contributed by atoms with Crippen LogP contribution in [-0.4, -0.2) is 43.5 Å². The summed E-state index contributed by atoms with van der Waals surface area (Å²) in [6, 6.07) is 12.2. The highest BCUT2D eigenvalue weighted by atomic mass is 16.6. The molecular weight excluding hydrogens is 334 g/mol. The van der Waals surface area contributed by atoms with E-state index in [1.807, 2.05) is 43.3 Å². The van der Waals surface area contributed by atoms with Gasteiger partial charge in [-0.05, 0) is 33.2 Å². The predicted octanol–water partition coefficient (Wildman–Crippen LogP) is 2.94. The summed E-state index contributed by atoms with van der Waals surface area (Å²) in [7, 11) is 5.40. The number of nitrogens with one attached hydrogen (secondary N) is 1. The Morgan fingerprint density at radius 1 is 1.23 bits per heavy atom. The van der Waals surface area contributed by atoms with E-state index in [-0.39, 0.29) is 23.8 Å². The third kappa shape index (κ3) is 4.18. The van der Waals surface area contributed by atoms with Crippen LogP contribution in [0.5, 0.6) is 5.75 Å². The van der Waals surface area contributed by atoms with Crippen molar-refractivity contribution in [3.8, 4) is 5.75 Å². The number of rotatable bonds is 7. The average Bonchev–Trinajstić information content (AvgIpc) is 2.61. The summed E-state index contributed by atoms with van der Waals surface area (Å²) in [4.78, 5) is 25.3. The number of hydrogen-bond donors (Lipinski definition) is 1. The van der Waals surface area contributed by atoms with Gasteiger partial charge in [0.1, 0.15) is 11.3 Å². The van der Waals surface area contributed by atoms with Crippen molar-refractivity contribution in [2.75, 3.05) is 27.7 Å². The van der Waals surface area contributed by atoms with E-state index in [1.54, 1.807) is 26.2 Å². The summed E-state index contributed by atoms with van der Waals surface area (Å²) >= 11 is 0. The van der Waals surface area contributed by atoms with E-state index >= 15 is 0 Å². The third-order valence-electron chi connectivity index (χ3n) is 4.24. The maximum Gasteiger partial charge on any atom is 0.285 e. The third-order valence-corrected chi connectivity index (χ3v) is 4.24. The van der Waals surface area contributed by atoms with Crippen LogP contribution in [0.2, 0.25) is 0 Å². The number of carbonyl (C=O) groups is 1. The number of nitrogens with zero attached hydrogens (tertiary/aromatic N) is 2. The highest BCUT2D eigenvalue weighted by Gasteiger charge is 2.24. The van der Waals surface area contributed by atoms with Crippen LogP contribution in [0.3, 0.4) is 0 Å². The number of likely N-dealkylation sites (N-methyl/N-ethyl adjacent to an activating group) is 1. The molecule has 1 atom stereocenters. The number of para-hydroxylation sites is 2. The van der Waals surface area contributed by atoms with Gasteiger partial charge in [0.25, 0.3) is 11.6 Å². The van der Waals surface area contributed by atoms with Crippen LogP contribution >= 0.6 is 0 Å². The van der Waals surface area contributed by atoms with E-state index in [1.165, 1.54) is 6.07 Å². The maximum absolute atomic E-state index is 12.6. The summed E-state index contributed by atoms with van der Waals surface area (Å²) < 4.78 is 5.41. The van der Waals surface area contributed by atoms with Gasteiger partial charge >= 0.3 is 0 Å². The first-order chi connectivity index (χ1) is 12.4. The smallest absolute Gasteiger partial charge is 0.285 e. The quantitative estimate of drug-likeness (QED) is 0.608. The van der Waals surface area contributed by atoms with Gasteiger partial charge < -0.3 is 15.0 Å². The molecule has 0 aromatic heterocycles. The molecular formula is C19H23N3O4. The Kier molecular flexibility index (Phi) is 6.30. The van der Waals surface area contributed by atoms with Gasteiger partial charge in [-0.25, -0.2) is 0 Å². The van der Waals surface area contributed by atoms with E-state index in [9.17, 15) is 14.9 Å². The van der Waals surface area contributed by atoms with Gasteiger partial charge in [0.15, 0.2) is 0 Å². The van der Waals surface area contributed by atoms with E-state index in [0.717, 1.165) is 11.3 Å². The van der Waals surface area contributed by atoms with Crippen molar-refractivity contribution < 1.29 is 14.5 Å². The van der Waals surface area contributed by atoms with Crippen LogP contribution in [0.1, 0.15) is 27.5 Å². The van der Waals surface area contributed by atoms with E-state index in [4.69, 9.17) is 4.74 Å². The first-order valence-corrected chi connectivity index (χ1v) is 8.18. The van der Waals surface area contributed by atoms with Crippen molar-refractivity contribution in [2.24, 2.45) is 0 Å². The minimum absolute atomic E-state index is 0.0625. The van der Waals surface area contributed by atoms with Crippen molar-refractivity contribution in [3.63, 3.8) is 0 Å². The number of amides is 1. The topological polar surface area (TPSA) is 84.7 Å². The SMILES string of the molecule is COc1ccccc1C(CNC(=O)c1cccc(C)c1[N+](=O)[O-])N(C)C. The van der Waals surface area contributed by atoms with Crippen molar-refractivity contribution in [1.29, 1.82) is 0 Å². The van der Waals surface area contributed by atoms with Crippen LogP contribution < -0.4 is 10.1 Å². The standard InChI is InChI=1S/C19H23N3O4/c1-13-8-7-10-15(18(13)22(24)25)19(23)20-12-16(21(2)3)14-9-5-6-11-17(14)26-4/h5-11,16H,12H2,1-4H3,(H,20,23). The number of carbonyl (C=O) groups excluding carboxylic acids is 1. The minimum atomic E-state index is -0.520. The zero-order chi connectivity index (χ0) is 19.3. The molecule has 0 radical (unpaired) electrons. The largest absolute Gasteiger partial charge is 0.496 e. The zero-order valence-electron chi connectivity index (χ0n) is 15.4. The molecule has 0 bridgehead atoms. The van der Waals surface area contributed by atoms with Crippen molar-refractivity contribution in [2.45, 2.75) is 13.0 Å². The molecule has 1 amide bonds. The highest BCUT2D eigenvalue weighted by Crippen LogP contribution is 2.28. The molecule has 0 aliphatic carbocycles. The van der Waals surface area contributed by atoms with Gasteiger partial charge in [0.2, 0.25) is 0 Å². The lowest BCUT2D eigenvalue weighted by molar-refractivity contribution is -0.385. The van der Waals surface area contributed by atoms with Crippen LogP contribution in [0.15, 0.2) is 42.5 Å². The minimum Gasteiger partial charge on any atom is -0.496 e. The summed E-state index contributed by atoms with van der Waals surface area (Å²) in [6.45, 7) is 1.91. The zero-order valence-corrected chi connectivity index (χ0v) is 15.4. The Balaban J connectivity index is 2.24. The molecule has 2 aromatic carbocycles. The average molecular weight is 357 g/mol. The number of nitro benzene ring substituents is 1. The Morgan fingerprint density at radius 2 is 1.92 bits per heavy atom. The van der Waals surface area contributed by atoms with E-state index in [2.05, 4.69) is 5.32 Å². The first kappa shape index (κ1) is 19.4. The molecule has 0 aliphatic rings. The van der Waals surface area contributed by atoms with Gasteiger partial charge in [0.05, 0.1) is 18.1 Å². The van der Waals surface area contributed by atoms with Crippen molar-refractivity contribution >= 4 is 11.6 Å². The Hall–Kier alpha value is -2.93. The Labute approximate surface area is 152 Å². The lowest BCUT2D eigenvalue weighted by Crippen LogP contribution is -2.35. The van der Waals surface area contributed by atoms with Crippen molar-refractivity contribution in [1.82, 2.24) is 10.2 Å². The fourth-order valence-corrected chi connectivity index (χ4v) is 2.88. The molecule has 0 heterocycles. The van der Waals surface area contributed by atoms with Crippen LogP contribution in [0, 0.1) is 17.0 Å². The van der Waals surface area contributed by atoms with Crippen LogP contribution in [0.4, 0.5) is 5.69 Å². The monoisotopic (exact) mass is 357 g/mol. The van der Waals surface area contributed by atoms with Gasteiger partial charge in [0, 0.05) is 17.7 Å². The molecule has 7 nitrogen and oxygen atoms in total. The number of methoxy groups -OCH3 is 1. The lowest BCUT2D eigenvalue weighted by atomic mass is 10.0. The van der Waals surface area contributed by atoms with Gasteiger partial charge in [-0.15, -0.1) is 0 Å².